The van der Waals surface area contributed by atoms with Crippen molar-refractivity contribution in [2.75, 3.05) is 6.61 Å². The fourth-order valence-corrected chi connectivity index (χ4v) is 2.67. The van der Waals surface area contributed by atoms with Crippen LogP contribution in [0, 0.1) is 0 Å². The predicted molar refractivity (Wildman–Crippen MR) is 97.0 cm³/mol. The zero-order valence-electron chi connectivity index (χ0n) is 14.7. The summed E-state index contributed by atoms with van der Waals surface area (Å²) in [7, 11) is 0. The van der Waals surface area contributed by atoms with Crippen molar-refractivity contribution in [1.82, 2.24) is 15.2 Å². The van der Waals surface area contributed by atoms with E-state index in [9.17, 15) is 14.4 Å². The van der Waals surface area contributed by atoms with Crippen molar-refractivity contribution in [1.29, 1.82) is 0 Å². The van der Waals surface area contributed by atoms with Crippen LogP contribution in [-0.4, -0.2) is 29.1 Å². The molecule has 3 rings (SSSR count). The molecule has 0 saturated carbocycles. The highest BCUT2D eigenvalue weighted by atomic mass is 16.5. The Morgan fingerprint density at radius 2 is 1.96 bits per heavy atom. The number of hydrogen-bond donors (Lipinski definition) is 2. The monoisotopic (exact) mass is 369 g/mol. The van der Waals surface area contributed by atoms with Crippen LogP contribution in [0.1, 0.15) is 23.0 Å². The molecule has 3 amide bonds. The standard InChI is InChI=1S/C19H19N3O5/c1-2-22-11-15(14-7-3-4-8-16(14)22)18(24)27-12-17(23)21-19(25)20-10-13-6-5-9-26-13/h3-9,11H,2,10,12H2,1H3,(H2,20,21,23,25). The molecule has 8 nitrogen and oxygen atoms in total. The number of aryl methyl sites for hydroxylation is 1. The van der Waals surface area contributed by atoms with Crippen molar-refractivity contribution in [2.24, 2.45) is 0 Å². The van der Waals surface area contributed by atoms with Crippen LogP contribution in [0.5, 0.6) is 0 Å². The number of ether oxygens (including phenoxy) is 1. The molecule has 0 atom stereocenters. The number of esters is 1. The molecule has 0 aliphatic carbocycles. The van der Waals surface area contributed by atoms with Crippen molar-refractivity contribution >= 4 is 28.8 Å². The molecule has 8 heteroatoms. The molecule has 0 bridgehead atoms. The van der Waals surface area contributed by atoms with Gasteiger partial charge in [-0.15, -0.1) is 0 Å². The number of furan rings is 1. The third kappa shape index (κ3) is 4.35. The molecule has 2 aromatic heterocycles. The van der Waals surface area contributed by atoms with Crippen LogP contribution < -0.4 is 10.6 Å². The third-order valence-corrected chi connectivity index (χ3v) is 3.94. The fraction of sp³-hybridized carbons (Fsp3) is 0.211. The van der Waals surface area contributed by atoms with Crippen molar-refractivity contribution in [2.45, 2.75) is 20.0 Å². The number of imide groups is 1. The number of aromatic nitrogens is 1. The summed E-state index contributed by atoms with van der Waals surface area (Å²) in [4.78, 5) is 35.8. The zero-order valence-corrected chi connectivity index (χ0v) is 14.7. The van der Waals surface area contributed by atoms with Crippen LogP contribution in [0.25, 0.3) is 10.9 Å². The average molecular weight is 369 g/mol. The van der Waals surface area contributed by atoms with Gasteiger partial charge in [-0.05, 0) is 25.1 Å². The number of nitrogens with one attached hydrogen (secondary N) is 2. The molecule has 140 valence electrons. The minimum absolute atomic E-state index is 0.141. The van der Waals surface area contributed by atoms with Gasteiger partial charge in [-0.25, -0.2) is 9.59 Å². The molecular formula is C19H19N3O5. The molecule has 0 aliphatic heterocycles. The Morgan fingerprint density at radius 1 is 1.15 bits per heavy atom. The summed E-state index contributed by atoms with van der Waals surface area (Å²) in [6, 6.07) is 10.1. The Bertz CT molecular complexity index is 959. The number of amides is 3. The molecular weight excluding hydrogens is 350 g/mol. The van der Waals surface area contributed by atoms with Crippen LogP contribution in [0.2, 0.25) is 0 Å². The molecule has 0 spiro atoms. The first kappa shape index (κ1) is 18.2. The van der Waals surface area contributed by atoms with Crippen LogP contribution in [-0.2, 0) is 22.6 Å². The second kappa shape index (κ2) is 8.22. The number of hydrogen-bond acceptors (Lipinski definition) is 5. The van der Waals surface area contributed by atoms with Crippen molar-refractivity contribution in [3.63, 3.8) is 0 Å². The lowest BCUT2D eigenvalue weighted by molar-refractivity contribution is -0.123. The molecule has 0 aliphatic rings. The topological polar surface area (TPSA) is 103 Å². The van der Waals surface area contributed by atoms with Gasteiger partial charge in [-0.3, -0.25) is 10.1 Å². The minimum Gasteiger partial charge on any atom is -0.467 e. The van der Waals surface area contributed by atoms with E-state index < -0.39 is 24.5 Å². The van der Waals surface area contributed by atoms with Gasteiger partial charge >= 0.3 is 12.0 Å². The minimum atomic E-state index is -0.723. The number of para-hydroxylation sites is 1. The number of rotatable bonds is 6. The van der Waals surface area contributed by atoms with Crippen LogP contribution >= 0.6 is 0 Å². The van der Waals surface area contributed by atoms with E-state index in [-0.39, 0.29) is 6.54 Å². The molecule has 0 radical (unpaired) electrons. The molecule has 2 N–H and O–H groups in total. The van der Waals surface area contributed by atoms with Crippen LogP contribution in [0.4, 0.5) is 4.79 Å². The number of benzene rings is 1. The number of nitrogens with zero attached hydrogens (tertiary/aromatic N) is 1. The van der Waals surface area contributed by atoms with Gasteiger partial charge in [0.15, 0.2) is 6.61 Å². The normalized spacial score (nSPS) is 10.6. The predicted octanol–water partition coefficient (Wildman–Crippen LogP) is 2.44. The molecule has 0 unspecified atom stereocenters. The summed E-state index contributed by atoms with van der Waals surface area (Å²) in [5.74, 6) is -0.791. The molecule has 27 heavy (non-hydrogen) atoms. The zero-order chi connectivity index (χ0) is 19.2. The first-order valence-electron chi connectivity index (χ1n) is 8.43. The average Bonchev–Trinajstić information content (AvgIpc) is 3.32. The van der Waals surface area contributed by atoms with Gasteiger partial charge in [0.2, 0.25) is 0 Å². The summed E-state index contributed by atoms with van der Waals surface area (Å²) in [5, 5.41) is 5.30. The summed E-state index contributed by atoms with van der Waals surface area (Å²) in [6.07, 6.45) is 3.18. The summed E-state index contributed by atoms with van der Waals surface area (Å²) >= 11 is 0. The van der Waals surface area contributed by atoms with E-state index in [2.05, 4.69) is 10.6 Å². The molecule has 3 aromatic rings. The Balaban J connectivity index is 1.53. The number of fused-ring (bicyclic) bond motifs is 1. The van der Waals surface area contributed by atoms with Gasteiger partial charge in [-0.2, -0.15) is 0 Å². The lowest BCUT2D eigenvalue weighted by Gasteiger charge is -2.06. The van der Waals surface area contributed by atoms with E-state index in [1.165, 1.54) is 6.26 Å². The third-order valence-electron chi connectivity index (χ3n) is 3.94. The van der Waals surface area contributed by atoms with E-state index in [0.717, 1.165) is 10.9 Å². The largest absolute Gasteiger partial charge is 0.467 e. The number of carbonyl (C=O) groups excluding carboxylic acids is 3. The first-order chi connectivity index (χ1) is 13.1. The second-order valence-electron chi connectivity index (χ2n) is 5.73. The summed E-state index contributed by atoms with van der Waals surface area (Å²) < 4.78 is 12.0. The van der Waals surface area contributed by atoms with Gasteiger partial charge in [0.1, 0.15) is 5.76 Å². The molecule has 0 saturated heterocycles. The van der Waals surface area contributed by atoms with Crippen molar-refractivity contribution in [3.8, 4) is 0 Å². The van der Waals surface area contributed by atoms with E-state index in [4.69, 9.17) is 9.15 Å². The maximum Gasteiger partial charge on any atom is 0.340 e. The molecule has 1 aromatic carbocycles. The smallest absolute Gasteiger partial charge is 0.340 e. The molecule has 2 heterocycles. The van der Waals surface area contributed by atoms with Gasteiger partial charge in [0.25, 0.3) is 5.91 Å². The fourth-order valence-electron chi connectivity index (χ4n) is 2.67. The summed E-state index contributed by atoms with van der Waals surface area (Å²) in [5.41, 5.74) is 1.29. The van der Waals surface area contributed by atoms with E-state index in [0.29, 0.717) is 17.9 Å². The first-order valence-corrected chi connectivity index (χ1v) is 8.43. The Labute approximate surface area is 155 Å². The van der Waals surface area contributed by atoms with Crippen LogP contribution in [0.3, 0.4) is 0 Å². The Morgan fingerprint density at radius 3 is 2.70 bits per heavy atom. The maximum atomic E-state index is 12.3. The number of urea groups is 1. The SMILES string of the molecule is CCn1cc(C(=O)OCC(=O)NC(=O)NCc2ccco2)c2ccccc21. The molecule has 0 fully saturated rings. The Kier molecular flexibility index (Phi) is 5.55. The van der Waals surface area contributed by atoms with Crippen molar-refractivity contribution < 1.29 is 23.5 Å². The second-order valence-corrected chi connectivity index (χ2v) is 5.73. The van der Waals surface area contributed by atoms with E-state index >= 15 is 0 Å². The highest BCUT2D eigenvalue weighted by molar-refractivity contribution is 6.05. The lowest BCUT2D eigenvalue weighted by atomic mass is 10.2. The quantitative estimate of drug-likeness (QED) is 0.650. The highest BCUT2D eigenvalue weighted by Crippen LogP contribution is 2.22. The van der Waals surface area contributed by atoms with Gasteiger partial charge in [0.05, 0.1) is 18.4 Å². The number of carbonyl (C=O) groups is 3. The van der Waals surface area contributed by atoms with Gasteiger partial charge < -0.3 is 19.0 Å². The van der Waals surface area contributed by atoms with Gasteiger partial charge in [0, 0.05) is 23.6 Å². The Hall–Kier alpha value is -3.55. The lowest BCUT2D eigenvalue weighted by Crippen LogP contribution is -2.41. The van der Waals surface area contributed by atoms with E-state index in [1.807, 2.05) is 35.8 Å². The van der Waals surface area contributed by atoms with Gasteiger partial charge in [-0.1, -0.05) is 18.2 Å². The maximum absolute atomic E-state index is 12.3. The summed E-state index contributed by atoms with van der Waals surface area (Å²) in [6.45, 7) is 2.25. The van der Waals surface area contributed by atoms with E-state index in [1.54, 1.807) is 18.3 Å². The highest BCUT2D eigenvalue weighted by Gasteiger charge is 2.17. The van der Waals surface area contributed by atoms with Crippen LogP contribution in [0.15, 0.2) is 53.3 Å². The van der Waals surface area contributed by atoms with Crippen molar-refractivity contribution in [3.05, 3.63) is 60.2 Å².